The molecule has 0 aliphatic rings. The van der Waals surface area contributed by atoms with Crippen molar-refractivity contribution < 1.29 is 38.5 Å². The molecular weight excluding hydrogens is 928 g/mol. The summed E-state index contributed by atoms with van der Waals surface area (Å²) in [5.74, 6) is -2.63. The first-order valence-corrected chi connectivity index (χ1v) is 17.6. The van der Waals surface area contributed by atoms with Gasteiger partial charge >= 0.3 is 11.9 Å². The molecule has 14 nitrogen and oxygen atoms in total. The van der Waals surface area contributed by atoms with E-state index in [0.717, 1.165) is 5.69 Å². The Balaban J connectivity index is 0.000000276. The Morgan fingerprint density at radius 1 is 0.745 bits per heavy atom. The summed E-state index contributed by atoms with van der Waals surface area (Å²) in [5.41, 5.74) is 20.1. The summed E-state index contributed by atoms with van der Waals surface area (Å²) in [7, 11) is 4.76. The number of hydrogen-bond acceptors (Lipinski definition) is 11. The summed E-state index contributed by atoms with van der Waals surface area (Å²) in [5, 5.41) is 17.6. The van der Waals surface area contributed by atoms with E-state index >= 15 is 0 Å². The zero-order valence-corrected chi connectivity index (χ0v) is 33.5. The van der Waals surface area contributed by atoms with Crippen molar-refractivity contribution in [3.8, 4) is 23.0 Å². The number of methoxy groups -OCH3 is 1. The molecule has 0 bridgehead atoms. The van der Waals surface area contributed by atoms with Gasteiger partial charge in [-0.25, -0.2) is 0 Å². The maximum absolute atomic E-state index is 12.1. The van der Waals surface area contributed by atoms with Crippen LogP contribution >= 0.6 is 63.7 Å². The van der Waals surface area contributed by atoms with E-state index in [9.17, 15) is 24.3 Å². The number of halogens is 4. The Bertz CT molecular complexity index is 1900. The summed E-state index contributed by atoms with van der Waals surface area (Å²) in [4.78, 5) is 45.9. The van der Waals surface area contributed by atoms with Crippen LogP contribution in [0.4, 0.5) is 22.7 Å². The lowest BCUT2D eigenvalue weighted by atomic mass is 9.99. The molecule has 4 rings (SSSR count). The van der Waals surface area contributed by atoms with E-state index in [4.69, 9.17) is 26.7 Å². The van der Waals surface area contributed by atoms with Crippen molar-refractivity contribution >= 4 is 110 Å². The van der Waals surface area contributed by atoms with Crippen LogP contribution in [-0.4, -0.2) is 56.6 Å². The van der Waals surface area contributed by atoms with E-state index in [1.54, 1.807) is 62.6 Å². The molecule has 1 atom stereocenters. The number of carbonyl (C=O) groups excluding carboxylic acids is 3. The molecule has 0 aromatic heterocycles. The van der Waals surface area contributed by atoms with E-state index in [1.807, 2.05) is 0 Å². The second kappa shape index (κ2) is 18.6. The number of carboxylic acids is 1. The van der Waals surface area contributed by atoms with Crippen molar-refractivity contribution in [1.82, 2.24) is 5.32 Å². The second-order valence-corrected chi connectivity index (χ2v) is 13.6. The van der Waals surface area contributed by atoms with Crippen LogP contribution in [0.25, 0.3) is 0 Å². The molecule has 0 aliphatic heterocycles. The summed E-state index contributed by atoms with van der Waals surface area (Å²) < 4.78 is 18.3. The Morgan fingerprint density at radius 3 is 1.55 bits per heavy atom. The summed E-state index contributed by atoms with van der Waals surface area (Å²) >= 11 is 13.5. The minimum atomic E-state index is -1.45. The Hall–Kier alpha value is -4.52. The molecule has 0 aliphatic carbocycles. The fraction of sp³-hybridized carbons (Fsp3) is 0.152. The molecule has 18 heteroatoms. The number of rotatable bonds is 12. The van der Waals surface area contributed by atoms with Gasteiger partial charge in [-0.15, -0.1) is 0 Å². The minimum Gasteiger partial charge on any atom is -0.480 e. The van der Waals surface area contributed by atoms with Crippen molar-refractivity contribution in [2.75, 3.05) is 49.9 Å². The van der Waals surface area contributed by atoms with E-state index in [1.165, 1.54) is 19.2 Å². The average Bonchev–Trinajstić information content (AvgIpc) is 3.07. The number of anilines is 4. The highest BCUT2D eigenvalue weighted by molar-refractivity contribution is 9.11. The predicted molar refractivity (Wildman–Crippen MR) is 209 cm³/mol. The predicted octanol–water partition coefficient (Wildman–Crippen LogP) is 6.81. The molecule has 270 valence electrons. The van der Waals surface area contributed by atoms with E-state index in [2.05, 4.69) is 84.4 Å². The number of nitrogens with one attached hydrogen (secondary N) is 3. The van der Waals surface area contributed by atoms with Gasteiger partial charge in [-0.1, -0.05) is 0 Å². The lowest BCUT2D eigenvalue weighted by Gasteiger charge is -2.15. The number of primary amides is 1. The largest absolute Gasteiger partial charge is 0.480 e. The summed E-state index contributed by atoms with van der Waals surface area (Å²) in [6.07, 6.45) is 0. The van der Waals surface area contributed by atoms with Gasteiger partial charge in [-0.3, -0.25) is 19.2 Å². The highest BCUT2D eigenvalue weighted by atomic mass is 79.9. The first-order valence-electron chi connectivity index (χ1n) is 14.4. The molecule has 0 spiro atoms. The van der Waals surface area contributed by atoms with Gasteiger partial charge in [0.2, 0.25) is 5.91 Å². The SMILES string of the molecule is CNc1cc(Oc2c(Br)cc(C(=O)NCC(=O)OC)cc2Br)ccc1N.CNc1cc(Oc2c(Br)cc(C(C(N)=O)C(=O)O)cc2Br)ccc1N. The Labute approximate surface area is 326 Å². The van der Waals surface area contributed by atoms with E-state index in [-0.39, 0.29) is 12.1 Å². The van der Waals surface area contributed by atoms with E-state index in [0.29, 0.717) is 63.5 Å². The number of benzene rings is 4. The quantitative estimate of drug-likeness (QED) is 0.0441. The third-order valence-electron chi connectivity index (χ3n) is 6.79. The van der Waals surface area contributed by atoms with E-state index < -0.39 is 29.7 Å². The van der Waals surface area contributed by atoms with Crippen LogP contribution in [0.3, 0.4) is 0 Å². The maximum Gasteiger partial charge on any atom is 0.325 e. The number of aliphatic carboxylic acids is 1. The monoisotopic (exact) mass is 956 g/mol. The van der Waals surface area contributed by atoms with Crippen molar-refractivity contribution in [2.24, 2.45) is 5.73 Å². The standard InChI is InChI=1S/C17H17Br2N3O4.C16H15Br2N3O4/c1-21-14-7-10(3-4-13(14)20)26-16-11(18)5-9(6-12(16)19)17(24)22-8-15(23)25-2;1-21-12-6-8(2-3-11(12)19)25-14-9(17)4-7(5-10(14)18)13(15(20)22)16(23)24/h3-7,21H,8,20H2,1-2H3,(H,22,24);2-6,13,21H,19H2,1H3,(H2,20,22)(H,23,24). The normalized spacial score (nSPS) is 10.9. The van der Waals surface area contributed by atoms with Crippen molar-refractivity contribution in [3.05, 3.63) is 89.7 Å². The third-order valence-corrected chi connectivity index (χ3v) is 9.15. The number of carbonyl (C=O) groups is 4. The van der Waals surface area contributed by atoms with Crippen LogP contribution < -0.4 is 42.6 Å². The third kappa shape index (κ3) is 11.0. The average molecular weight is 960 g/mol. The van der Waals surface area contributed by atoms with Crippen LogP contribution in [0.1, 0.15) is 21.8 Å². The van der Waals surface area contributed by atoms with Gasteiger partial charge in [0.1, 0.15) is 18.0 Å². The Kier molecular flexibility index (Phi) is 15.0. The van der Waals surface area contributed by atoms with Crippen molar-refractivity contribution in [2.45, 2.75) is 5.92 Å². The van der Waals surface area contributed by atoms with Crippen LogP contribution in [0.15, 0.2) is 78.6 Å². The topological polar surface area (TPSA) is 230 Å². The van der Waals surface area contributed by atoms with Gasteiger partial charge in [0.25, 0.3) is 5.91 Å². The number of nitrogens with two attached hydrogens (primary N) is 3. The van der Waals surface area contributed by atoms with Crippen LogP contribution in [-0.2, 0) is 19.1 Å². The molecule has 4 aromatic carbocycles. The summed E-state index contributed by atoms with van der Waals surface area (Å²) in [6.45, 7) is -0.207. The fourth-order valence-electron chi connectivity index (χ4n) is 4.25. The lowest BCUT2D eigenvalue weighted by molar-refractivity contribution is -0.142. The lowest BCUT2D eigenvalue weighted by Crippen LogP contribution is -2.30. The first-order chi connectivity index (χ1) is 24.1. The van der Waals surface area contributed by atoms with Crippen LogP contribution in [0.2, 0.25) is 0 Å². The maximum atomic E-state index is 12.1. The smallest absolute Gasteiger partial charge is 0.325 e. The number of esters is 1. The first kappa shape index (κ1) is 40.9. The number of carboxylic acid groups (broad SMARTS) is 1. The highest BCUT2D eigenvalue weighted by Crippen LogP contribution is 2.41. The van der Waals surface area contributed by atoms with Gasteiger partial charge in [-0.2, -0.15) is 0 Å². The molecule has 51 heavy (non-hydrogen) atoms. The van der Waals surface area contributed by atoms with Crippen LogP contribution in [0.5, 0.6) is 23.0 Å². The van der Waals surface area contributed by atoms with Gasteiger partial charge in [0.15, 0.2) is 17.4 Å². The van der Waals surface area contributed by atoms with Crippen LogP contribution in [0, 0.1) is 0 Å². The zero-order valence-electron chi connectivity index (χ0n) is 27.1. The molecule has 0 heterocycles. The van der Waals surface area contributed by atoms with Gasteiger partial charge in [0.05, 0.1) is 47.8 Å². The van der Waals surface area contributed by atoms with Gasteiger partial charge in [-0.05, 0) is 118 Å². The number of ether oxygens (including phenoxy) is 3. The van der Waals surface area contributed by atoms with Gasteiger partial charge < -0.3 is 52.5 Å². The fourth-order valence-corrected chi connectivity index (χ4v) is 6.99. The molecule has 10 N–H and O–H groups in total. The Morgan fingerprint density at radius 2 is 1.18 bits per heavy atom. The number of amides is 2. The molecule has 1 unspecified atom stereocenters. The zero-order chi connectivity index (χ0) is 38.0. The number of nitrogen functional groups attached to an aromatic ring is 2. The molecule has 2 amide bonds. The molecular formula is C33H32Br4N6O8. The molecule has 0 radical (unpaired) electrons. The van der Waals surface area contributed by atoms with Gasteiger partial charge in [0, 0.05) is 31.8 Å². The molecule has 0 saturated heterocycles. The number of hydrogen-bond donors (Lipinski definition) is 7. The minimum absolute atomic E-state index is 0.207. The second-order valence-electron chi connectivity index (χ2n) is 10.2. The highest BCUT2D eigenvalue weighted by Gasteiger charge is 2.28. The van der Waals surface area contributed by atoms with Crippen molar-refractivity contribution in [1.29, 1.82) is 0 Å². The molecule has 4 aromatic rings. The molecule has 0 saturated carbocycles. The summed E-state index contributed by atoms with van der Waals surface area (Å²) in [6, 6.07) is 16.5. The molecule has 0 fully saturated rings. The van der Waals surface area contributed by atoms with Crippen molar-refractivity contribution in [3.63, 3.8) is 0 Å².